The summed E-state index contributed by atoms with van der Waals surface area (Å²) in [6, 6.07) is 0. The highest BCUT2D eigenvalue weighted by Gasteiger charge is 2.16. The Kier molecular flexibility index (Phi) is 4.79. The lowest BCUT2D eigenvalue weighted by atomic mass is 10.1. The third-order valence-electron chi connectivity index (χ3n) is 3.34. The van der Waals surface area contributed by atoms with E-state index in [-0.39, 0.29) is 0 Å². The van der Waals surface area contributed by atoms with E-state index in [1.807, 2.05) is 20.0 Å². The number of ether oxygens (including phenoxy) is 1. The van der Waals surface area contributed by atoms with Crippen LogP contribution in [0.3, 0.4) is 0 Å². The standard InChI is InChI=1S/C14H23N3O/c1-3-15-14-16-10-11(2)13(17-14)18-12-8-6-4-5-7-9-12/h10,12H,3-9H2,1-2H3,(H,15,16,17). The molecule has 1 aromatic heterocycles. The Hall–Kier alpha value is -1.32. The molecular weight excluding hydrogens is 226 g/mol. The van der Waals surface area contributed by atoms with E-state index in [2.05, 4.69) is 15.3 Å². The molecule has 0 radical (unpaired) electrons. The van der Waals surface area contributed by atoms with Gasteiger partial charge in [0.15, 0.2) is 0 Å². The van der Waals surface area contributed by atoms with E-state index in [0.29, 0.717) is 12.1 Å². The van der Waals surface area contributed by atoms with Crippen molar-refractivity contribution in [2.24, 2.45) is 0 Å². The summed E-state index contributed by atoms with van der Waals surface area (Å²) < 4.78 is 6.06. The van der Waals surface area contributed by atoms with Crippen molar-refractivity contribution in [1.29, 1.82) is 0 Å². The molecule has 1 fully saturated rings. The summed E-state index contributed by atoms with van der Waals surface area (Å²) in [5.41, 5.74) is 1.01. The van der Waals surface area contributed by atoms with Gasteiger partial charge in [0.05, 0.1) is 0 Å². The van der Waals surface area contributed by atoms with Gasteiger partial charge in [-0.3, -0.25) is 0 Å². The van der Waals surface area contributed by atoms with Crippen LogP contribution in [0, 0.1) is 6.92 Å². The fourth-order valence-electron chi connectivity index (χ4n) is 2.31. The maximum absolute atomic E-state index is 6.06. The SMILES string of the molecule is CCNc1ncc(C)c(OC2CCCCCC2)n1. The summed E-state index contributed by atoms with van der Waals surface area (Å²) in [6.07, 6.45) is 9.69. The molecule has 1 heterocycles. The number of nitrogens with zero attached hydrogens (tertiary/aromatic N) is 2. The summed E-state index contributed by atoms with van der Waals surface area (Å²) in [5, 5.41) is 3.12. The average Bonchev–Trinajstić information content (AvgIpc) is 2.62. The zero-order valence-corrected chi connectivity index (χ0v) is 11.4. The molecule has 1 N–H and O–H groups in total. The Morgan fingerprint density at radius 3 is 2.67 bits per heavy atom. The van der Waals surface area contributed by atoms with Gasteiger partial charge < -0.3 is 10.1 Å². The molecule has 0 aromatic carbocycles. The lowest BCUT2D eigenvalue weighted by Gasteiger charge is -2.17. The predicted molar refractivity (Wildman–Crippen MR) is 73.1 cm³/mol. The van der Waals surface area contributed by atoms with Crippen LogP contribution in [-0.2, 0) is 0 Å². The van der Waals surface area contributed by atoms with E-state index in [1.54, 1.807) is 0 Å². The molecule has 2 rings (SSSR count). The number of aromatic nitrogens is 2. The number of nitrogens with one attached hydrogen (secondary N) is 1. The summed E-state index contributed by atoms with van der Waals surface area (Å²) in [6.45, 7) is 4.86. The van der Waals surface area contributed by atoms with Crippen LogP contribution in [0.25, 0.3) is 0 Å². The molecule has 0 unspecified atom stereocenters. The molecule has 100 valence electrons. The quantitative estimate of drug-likeness (QED) is 0.832. The summed E-state index contributed by atoms with van der Waals surface area (Å²) in [7, 11) is 0. The third kappa shape index (κ3) is 3.59. The van der Waals surface area contributed by atoms with Crippen LogP contribution in [0.4, 0.5) is 5.95 Å². The minimum atomic E-state index is 0.329. The molecule has 0 amide bonds. The van der Waals surface area contributed by atoms with Gasteiger partial charge in [0.2, 0.25) is 11.8 Å². The first-order valence-electron chi connectivity index (χ1n) is 7.03. The minimum Gasteiger partial charge on any atom is -0.474 e. The maximum Gasteiger partial charge on any atom is 0.225 e. The molecule has 0 spiro atoms. The van der Waals surface area contributed by atoms with Crippen molar-refractivity contribution >= 4 is 5.95 Å². The smallest absolute Gasteiger partial charge is 0.225 e. The van der Waals surface area contributed by atoms with Gasteiger partial charge in [0.25, 0.3) is 0 Å². The van der Waals surface area contributed by atoms with E-state index in [4.69, 9.17) is 4.74 Å². The van der Waals surface area contributed by atoms with E-state index in [9.17, 15) is 0 Å². The van der Waals surface area contributed by atoms with Crippen molar-refractivity contribution in [3.05, 3.63) is 11.8 Å². The van der Waals surface area contributed by atoms with E-state index >= 15 is 0 Å². The van der Waals surface area contributed by atoms with Gasteiger partial charge in [0.1, 0.15) is 6.10 Å². The Balaban J connectivity index is 2.04. The number of aryl methyl sites for hydroxylation is 1. The Morgan fingerprint density at radius 1 is 1.28 bits per heavy atom. The van der Waals surface area contributed by atoms with Crippen molar-refractivity contribution in [3.8, 4) is 5.88 Å². The van der Waals surface area contributed by atoms with E-state index < -0.39 is 0 Å². The highest BCUT2D eigenvalue weighted by Crippen LogP contribution is 2.24. The van der Waals surface area contributed by atoms with Gasteiger partial charge in [-0.2, -0.15) is 4.98 Å². The largest absolute Gasteiger partial charge is 0.474 e. The molecule has 0 bridgehead atoms. The lowest BCUT2D eigenvalue weighted by Crippen LogP contribution is -2.17. The maximum atomic E-state index is 6.06. The topological polar surface area (TPSA) is 47.0 Å². The summed E-state index contributed by atoms with van der Waals surface area (Å²) in [5.74, 6) is 1.40. The zero-order chi connectivity index (χ0) is 12.8. The number of anilines is 1. The van der Waals surface area contributed by atoms with Gasteiger partial charge >= 0.3 is 0 Å². The molecule has 1 aromatic rings. The molecule has 1 aliphatic carbocycles. The summed E-state index contributed by atoms with van der Waals surface area (Å²) in [4.78, 5) is 8.68. The van der Waals surface area contributed by atoms with Crippen molar-refractivity contribution in [3.63, 3.8) is 0 Å². The fourth-order valence-corrected chi connectivity index (χ4v) is 2.31. The van der Waals surface area contributed by atoms with Crippen molar-refractivity contribution < 1.29 is 4.74 Å². The second-order valence-electron chi connectivity index (χ2n) is 4.94. The first kappa shape index (κ1) is 13.1. The van der Waals surface area contributed by atoms with Crippen LogP contribution in [0.15, 0.2) is 6.20 Å². The summed E-state index contributed by atoms with van der Waals surface area (Å²) >= 11 is 0. The van der Waals surface area contributed by atoms with Crippen LogP contribution in [0.5, 0.6) is 5.88 Å². The first-order valence-corrected chi connectivity index (χ1v) is 7.03. The van der Waals surface area contributed by atoms with Crippen molar-refractivity contribution in [2.75, 3.05) is 11.9 Å². The second-order valence-corrected chi connectivity index (χ2v) is 4.94. The molecule has 18 heavy (non-hydrogen) atoms. The average molecular weight is 249 g/mol. The van der Waals surface area contributed by atoms with Crippen molar-refractivity contribution in [1.82, 2.24) is 9.97 Å². The Morgan fingerprint density at radius 2 is 2.00 bits per heavy atom. The first-order chi connectivity index (χ1) is 8.79. The van der Waals surface area contributed by atoms with E-state index in [1.165, 1.54) is 25.7 Å². The number of rotatable bonds is 4. The zero-order valence-electron chi connectivity index (χ0n) is 11.4. The number of hydrogen-bond donors (Lipinski definition) is 1. The molecule has 4 heteroatoms. The van der Waals surface area contributed by atoms with Crippen LogP contribution < -0.4 is 10.1 Å². The fraction of sp³-hybridized carbons (Fsp3) is 0.714. The highest BCUT2D eigenvalue weighted by atomic mass is 16.5. The van der Waals surface area contributed by atoms with Gasteiger partial charge in [-0.25, -0.2) is 4.98 Å². The molecule has 0 aliphatic heterocycles. The Bertz CT molecular complexity index is 373. The molecule has 0 atom stereocenters. The van der Waals surface area contributed by atoms with Crippen LogP contribution in [-0.4, -0.2) is 22.6 Å². The normalized spacial score (nSPS) is 17.2. The van der Waals surface area contributed by atoms with Gasteiger partial charge in [-0.05, 0) is 39.5 Å². The molecule has 1 aliphatic rings. The molecular formula is C14H23N3O. The number of hydrogen-bond acceptors (Lipinski definition) is 4. The monoisotopic (exact) mass is 249 g/mol. The van der Waals surface area contributed by atoms with Crippen molar-refractivity contribution in [2.45, 2.75) is 58.5 Å². The second kappa shape index (κ2) is 6.57. The van der Waals surface area contributed by atoms with E-state index in [0.717, 1.165) is 30.8 Å². The molecule has 4 nitrogen and oxygen atoms in total. The minimum absolute atomic E-state index is 0.329. The lowest BCUT2D eigenvalue weighted by molar-refractivity contribution is 0.175. The van der Waals surface area contributed by atoms with Gasteiger partial charge in [-0.15, -0.1) is 0 Å². The van der Waals surface area contributed by atoms with Crippen LogP contribution in [0.1, 0.15) is 51.0 Å². The van der Waals surface area contributed by atoms with Crippen LogP contribution >= 0.6 is 0 Å². The van der Waals surface area contributed by atoms with Gasteiger partial charge in [0, 0.05) is 18.3 Å². The van der Waals surface area contributed by atoms with Crippen LogP contribution in [0.2, 0.25) is 0 Å². The Labute approximate surface area is 109 Å². The molecule has 1 saturated carbocycles. The van der Waals surface area contributed by atoms with Gasteiger partial charge in [-0.1, -0.05) is 12.8 Å². The highest BCUT2D eigenvalue weighted by molar-refractivity contribution is 5.32. The molecule has 0 saturated heterocycles. The third-order valence-corrected chi connectivity index (χ3v) is 3.34. The predicted octanol–water partition coefficient (Wildman–Crippen LogP) is 3.32.